The topological polar surface area (TPSA) is 44.5 Å². The molecule has 3 heteroatoms. The summed E-state index contributed by atoms with van der Waals surface area (Å²) in [5.74, 6) is 1.62. The summed E-state index contributed by atoms with van der Waals surface area (Å²) in [6, 6.07) is 0. The quantitative estimate of drug-likeness (QED) is 0.746. The average Bonchev–Trinajstić information content (AvgIpc) is 3.19. The van der Waals surface area contributed by atoms with Gasteiger partial charge in [0.1, 0.15) is 0 Å². The van der Waals surface area contributed by atoms with Gasteiger partial charge in [-0.25, -0.2) is 0 Å². The normalized spacial score (nSPS) is 39.2. The molecule has 1 saturated heterocycles. The molecule has 0 spiro atoms. The van der Waals surface area contributed by atoms with Crippen LogP contribution in [0.15, 0.2) is 0 Å². The van der Waals surface area contributed by atoms with E-state index in [1.807, 2.05) is 0 Å². The second kappa shape index (κ2) is 4.28. The maximum atomic E-state index is 6.00. The van der Waals surface area contributed by atoms with Gasteiger partial charge in [-0.15, -0.1) is 0 Å². The minimum absolute atomic E-state index is 0.135. The number of hydrogen-bond acceptors (Lipinski definition) is 3. The first-order valence-electron chi connectivity index (χ1n) is 6.73. The Morgan fingerprint density at radius 3 is 2.69 bits per heavy atom. The van der Waals surface area contributed by atoms with Gasteiger partial charge in [-0.3, -0.25) is 0 Å². The van der Waals surface area contributed by atoms with Crippen molar-refractivity contribution in [2.45, 2.75) is 38.2 Å². The number of hydrogen-bond donors (Lipinski definition) is 1. The van der Waals surface area contributed by atoms with E-state index >= 15 is 0 Å². The van der Waals surface area contributed by atoms with Crippen molar-refractivity contribution in [3.8, 4) is 0 Å². The van der Waals surface area contributed by atoms with E-state index in [4.69, 9.17) is 15.2 Å². The molecular weight excluding hydrogens is 202 g/mol. The Labute approximate surface area is 97.7 Å². The van der Waals surface area contributed by atoms with E-state index in [-0.39, 0.29) is 5.41 Å². The second-order valence-electron chi connectivity index (χ2n) is 5.90. The molecule has 1 heterocycles. The monoisotopic (exact) mass is 225 g/mol. The molecule has 0 aromatic rings. The predicted molar refractivity (Wildman–Crippen MR) is 62.1 cm³/mol. The summed E-state index contributed by atoms with van der Waals surface area (Å²) in [7, 11) is 0. The summed E-state index contributed by atoms with van der Waals surface area (Å²) in [4.78, 5) is 0. The van der Waals surface area contributed by atoms with Crippen molar-refractivity contribution in [3.63, 3.8) is 0 Å². The van der Waals surface area contributed by atoms with E-state index in [0.717, 1.165) is 44.6 Å². The Morgan fingerprint density at radius 1 is 1.25 bits per heavy atom. The summed E-state index contributed by atoms with van der Waals surface area (Å²) in [6.07, 6.45) is 6.85. The van der Waals surface area contributed by atoms with E-state index in [1.165, 1.54) is 25.7 Å². The summed E-state index contributed by atoms with van der Waals surface area (Å²) >= 11 is 0. The molecule has 0 aromatic carbocycles. The molecule has 0 radical (unpaired) electrons. The third-order valence-electron chi connectivity index (χ3n) is 4.40. The van der Waals surface area contributed by atoms with Crippen LogP contribution in [0.25, 0.3) is 0 Å². The van der Waals surface area contributed by atoms with Crippen LogP contribution >= 0.6 is 0 Å². The van der Waals surface area contributed by atoms with Gasteiger partial charge in [0.2, 0.25) is 0 Å². The molecule has 92 valence electrons. The molecule has 0 bridgehead atoms. The maximum absolute atomic E-state index is 6.00. The van der Waals surface area contributed by atoms with Crippen LogP contribution in [0.3, 0.4) is 0 Å². The summed E-state index contributed by atoms with van der Waals surface area (Å²) in [5.41, 5.74) is 6.13. The van der Waals surface area contributed by atoms with Crippen molar-refractivity contribution in [3.05, 3.63) is 0 Å². The minimum atomic E-state index is 0.135. The van der Waals surface area contributed by atoms with E-state index in [9.17, 15) is 0 Å². The van der Waals surface area contributed by atoms with Gasteiger partial charge in [0, 0.05) is 25.2 Å². The number of nitrogens with two attached hydrogens (primary N) is 1. The SMILES string of the molecule is NCC1(COCC2CC2)CCOC1C1CC1. The first-order chi connectivity index (χ1) is 7.84. The zero-order valence-corrected chi connectivity index (χ0v) is 9.99. The minimum Gasteiger partial charge on any atom is -0.380 e. The van der Waals surface area contributed by atoms with Crippen LogP contribution in [0.4, 0.5) is 0 Å². The molecule has 3 rings (SSSR count). The van der Waals surface area contributed by atoms with Crippen molar-refractivity contribution in [2.24, 2.45) is 23.0 Å². The van der Waals surface area contributed by atoms with Crippen molar-refractivity contribution in [1.29, 1.82) is 0 Å². The molecule has 3 nitrogen and oxygen atoms in total. The first kappa shape index (κ1) is 11.0. The lowest BCUT2D eigenvalue weighted by atomic mass is 9.79. The van der Waals surface area contributed by atoms with Crippen LogP contribution < -0.4 is 5.73 Å². The lowest BCUT2D eigenvalue weighted by Crippen LogP contribution is -2.43. The third kappa shape index (κ3) is 2.13. The molecule has 3 aliphatic rings. The maximum Gasteiger partial charge on any atom is 0.0694 e. The van der Waals surface area contributed by atoms with E-state index in [1.54, 1.807) is 0 Å². The summed E-state index contributed by atoms with van der Waals surface area (Å²) in [5, 5.41) is 0. The first-order valence-corrected chi connectivity index (χ1v) is 6.73. The molecule has 2 N–H and O–H groups in total. The second-order valence-corrected chi connectivity index (χ2v) is 5.90. The van der Waals surface area contributed by atoms with Gasteiger partial charge >= 0.3 is 0 Å². The van der Waals surface area contributed by atoms with Gasteiger partial charge in [0.25, 0.3) is 0 Å². The van der Waals surface area contributed by atoms with Crippen LogP contribution in [0.2, 0.25) is 0 Å². The smallest absolute Gasteiger partial charge is 0.0694 e. The van der Waals surface area contributed by atoms with E-state index in [2.05, 4.69) is 0 Å². The predicted octanol–water partition coefficient (Wildman–Crippen LogP) is 1.56. The van der Waals surface area contributed by atoms with Gasteiger partial charge in [-0.05, 0) is 43.9 Å². The molecule has 1 aliphatic heterocycles. The van der Waals surface area contributed by atoms with Crippen molar-refractivity contribution in [1.82, 2.24) is 0 Å². The molecule has 2 unspecified atom stereocenters. The van der Waals surface area contributed by atoms with Crippen LogP contribution in [0.5, 0.6) is 0 Å². The fourth-order valence-electron chi connectivity index (χ4n) is 2.89. The lowest BCUT2D eigenvalue weighted by molar-refractivity contribution is -0.0233. The Hall–Kier alpha value is -0.120. The van der Waals surface area contributed by atoms with Gasteiger partial charge in [0.05, 0.1) is 12.7 Å². The highest BCUT2D eigenvalue weighted by Crippen LogP contribution is 2.47. The highest BCUT2D eigenvalue weighted by Gasteiger charge is 2.50. The molecule has 0 amide bonds. The molecule has 2 saturated carbocycles. The number of ether oxygens (including phenoxy) is 2. The van der Waals surface area contributed by atoms with Gasteiger partial charge in [-0.2, -0.15) is 0 Å². The molecule has 2 aliphatic carbocycles. The zero-order valence-electron chi connectivity index (χ0n) is 9.99. The fourth-order valence-corrected chi connectivity index (χ4v) is 2.89. The summed E-state index contributed by atoms with van der Waals surface area (Å²) in [6.45, 7) is 3.37. The van der Waals surface area contributed by atoms with E-state index < -0.39 is 0 Å². The Bertz CT molecular complexity index is 250. The molecule has 0 aromatic heterocycles. The van der Waals surface area contributed by atoms with Crippen LogP contribution in [-0.4, -0.2) is 32.5 Å². The standard InChI is InChI=1S/C13H23NO2/c14-8-13(9-15-7-10-1-2-10)5-6-16-12(13)11-3-4-11/h10-12H,1-9,14H2. The van der Waals surface area contributed by atoms with Crippen LogP contribution in [0.1, 0.15) is 32.1 Å². The van der Waals surface area contributed by atoms with Crippen LogP contribution in [0, 0.1) is 17.3 Å². The van der Waals surface area contributed by atoms with Crippen molar-refractivity contribution >= 4 is 0 Å². The highest BCUT2D eigenvalue weighted by molar-refractivity contribution is 5.00. The van der Waals surface area contributed by atoms with E-state index in [0.29, 0.717) is 6.10 Å². The van der Waals surface area contributed by atoms with Crippen molar-refractivity contribution < 1.29 is 9.47 Å². The Morgan fingerprint density at radius 2 is 2.06 bits per heavy atom. The fraction of sp³-hybridized carbons (Fsp3) is 1.00. The zero-order chi connectivity index (χ0) is 11.0. The molecular formula is C13H23NO2. The molecule has 16 heavy (non-hydrogen) atoms. The third-order valence-corrected chi connectivity index (χ3v) is 4.40. The van der Waals surface area contributed by atoms with Gasteiger partial charge < -0.3 is 15.2 Å². The summed E-state index contributed by atoms with van der Waals surface area (Å²) < 4.78 is 11.8. The van der Waals surface area contributed by atoms with Gasteiger partial charge in [0.15, 0.2) is 0 Å². The van der Waals surface area contributed by atoms with Gasteiger partial charge in [-0.1, -0.05) is 0 Å². The Balaban J connectivity index is 1.56. The highest BCUT2D eigenvalue weighted by atomic mass is 16.5. The average molecular weight is 225 g/mol. The van der Waals surface area contributed by atoms with Crippen LogP contribution in [-0.2, 0) is 9.47 Å². The van der Waals surface area contributed by atoms with Crippen molar-refractivity contribution in [2.75, 3.05) is 26.4 Å². The number of rotatable bonds is 6. The largest absolute Gasteiger partial charge is 0.380 e. The molecule has 3 fully saturated rings. The molecule has 2 atom stereocenters. The Kier molecular flexibility index (Phi) is 2.94. The lowest BCUT2D eigenvalue weighted by Gasteiger charge is -2.32.